The van der Waals surface area contributed by atoms with E-state index in [9.17, 15) is 13.6 Å². The number of benzene rings is 2. The van der Waals surface area contributed by atoms with Crippen molar-refractivity contribution in [1.82, 2.24) is 0 Å². The number of likely N-dealkylation sites (N-methyl/N-ethyl adjacent to an activating group) is 1. The molecule has 0 saturated carbocycles. The van der Waals surface area contributed by atoms with Crippen LogP contribution in [-0.2, 0) is 14.3 Å². The van der Waals surface area contributed by atoms with Gasteiger partial charge in [0.15, 0.2) is 0 Å². The number of rotatable bonds is 8. The van der Waals surface area contributed by atoms with E-state index in [0.717, 1.165) is 35.0 Å². The summed E-state index contributed by atoms with van der Waals surface area (Å²) in [4.78, 5) is 13.2. The molecule has 2 bridgehead atoms. The van der Waals surface area contributed by atoms with Gasteiger partial charge in [0.2, 0.25) is 0 Å². The SMILES string of the molecule is C=CC[N@@+]1(C)C2CCC1[C@@H](C(=O)OCC)[C@H](OC(c1ccc(F)cc1)c1ccc(F)cc1)C2. The summed E-state index contributed by atoms with van der Waals surface area (Å²) in [5, 5.41) is 0. The maximum atomic E-state index is 13.6. The maximum absolute atomic E-state index is 13.6. The highest BCUT2D eigenvalue weighted by Gasteiger charge is 2.59. The lowest BCUT2D eigenvalue weighted by Crippen LogP contribution is -2.64. The normalized spacial score (nSPS) is 28.6. The van der Waals surface area contributed by atoms with Crippen LogP contribution in [0.5, 0.6) is 0 Å². The van der Waals surface area contributed by atoms with Gasteiger partial charge in [-0.3, -0.25) is 4.79 Å². The van der Waals surface area contributed by atoms with Crippen LogP contribution in [0.25, 0.3) is 0 Å². The molecule has 2 aliphatic heterocycles. The molecule has 4 rings (SSSR count). The van der Waals surface area contributed by atoms with Crippen LogP contribution in [0.4, 0.5) is 8.78 Å². The molecule has 6 heteroatoms. The molecule has 33 heavy (non-hydrogen) atoms. The highest BCUT2D eigenvalue weighted by molar-refractivity contribution is 5.74. The van der Waals surface area contributed by atoms with Crippen LogP contribution in [0.2, 0.25) is 0 Å². The van der Waals surface area contributed by atoms with Gasteiger partial charge in [-0.2, -0.15) is 0 Å². The molecule has 0 spiro atoms. The molecule has 2 aromatic rings. The Bertz CT molecular complexity index is 932. The van der Waals surface area contributed by atoms with Gasteiger partial charge in [0.1, 0.15) is 29.7 Å². The average molecular weight is 457 g/mol. The number of fused-ring (bicyclic) bond motifs is 2. The van der Waals surface area contributed by atoms with Crippen molar-refractivity contribution in [3.05, 3.63) is 83.9 Å². The monoisotopic (exact) mass is 456 g/mol. The zero-order valence-corrected chi connectivity index (χ0v) is 19.3. The predicted octanol–water partition coefficient (Wildman–Crippen LogP) is 5.19. The van der Waals surface area contributed by atoms with Gasteiger partial charge >= 0.3 is 5.97 Å². The molecule has 2 saturated heterocycles. The van der Waals surface area contributed by atoms with Gasteiger partial charge in [-0.1, -0.05) is 30.8 Å². The number of hydrogen-bond acceptors (Lipinski definition) is 3. The van der Waals surface area contributed by atoms with Crippen LogP contribution in [-0.4, -0.2) is 48.8 Å². The molecule has 2 unspecified atom stereocenters. The number of hydrogen-bond donors (Lipinski definition) is 0. The Morgan fingerprint density at radius 3 is 2.18 bits per heavy atom. The van der Waals surface area contributed by atoms with Crippen LogP contribution in [0, 0.1) is 17.6 Å². The predicted molar refractivity (Wildman–Crippen MR) is 122 cm³/mol. The topological polar surface area (TPSA) is 35.5 Å². The van der Waals surface area contributed by atoms with E-state index < -0.39 is 12.0 Å². The molecule has 2 aliphatic rings. The lowest BCUT2D eigenvalue weighted by atomic mass is 9.84. The first-order valence-electron chi connectivity index (χ1n) is 11.7. The summed E-state index contributed by atoms with van der Waals surface area (Å²) in [6, 6.07) is 12.7. The number of carbonyl (C=O) groups excluding carboxylic acids is 1. The van der Waals surface area contributed by atoms with E-state index in [1.54, 1.807) is 24.3 Å². The van der Waals surface area contributed by atoms with Crippen LogP contribution in [0.1, 0.15) is 43.4 Å². The summed E-state index contributed by atoms with van der Waals surface area (Å²) in [6.07, 6.45) is 3.66. The van der Waals surface area contributed by atoms with Gasteiger partial charge in [-0.25, -0.2) is 8.78 Å². The standard InChI is InChI=1S/C27H32F2NO3/c1-4-16-30(3)22-14-15-23(30)25(27(31)32-5-2)24(17-22)33-26(18-6-10-20(28)11-7-18)19-8-12-21(29)13-9-19/h4,6-13,22-26H,1,5,14-17H2,2-3H3/q+1/t22?,23?,24-,25-,30+/m1/s1. The Morgan fingerprint density at radius 1 is 1.09 bits per heavy atom. The largest absolute Gasteiger partial charge is 0.466 e. The van der Waals surface area contributed by atoms with Crippen molar-refractivity contribution in [3.63, 3.8) is 0 Å². The van der Waals surface area contributed by atoms with E-state index in [1.165, 1.54) is 24.3 Å². The Balaban J connectivity index is 1.70. The van der Waals surface area contributed by atoms with Crippen LogP contribution < -0.4 is 0 Å². The first-order chi connectivity index (χ1) is 15.9. The van der Waals surface area contributed by atoms with Gasteiger partial charge in [0.25, 0.3) is 0 Å². The fourth-order valence-electron chi connectivity index (χ4n) is 5.84. The lowest BCUT2D eigenvalue weighted by molar-refractivity contribution is -0.947. The molecular weight excluding hydrogens is 424 g/mol. The Morgan fingerprint density at radius 2 is 1.67 bits per heavy atom. The number of halogens is 2. The number of nitrogens with zero attached hydrogens (tertiary/aromatic N) is 1. The van der Waals surface area contributed by atoms with E-state index in [0.29, 0.717) is 19.1 Å². The van der Waals surface area contributed by atoms with Crippen molar-refractivity contribution in [2.24, 2.45) is 5.92 Å². The Kier molecular flexibility index (Phi) is 6.96. The molecule has 0 radical (unpaired) electrons. The minimum atomic E-state index is -0.552. The number of ether oxygens (including phenoxy) is 2. The third kappa shape index (κ3) is 4.59. The van der Waals surface area contributed by atoms with Crippen LogP contribution in [0.3, 0.4) is 0 Å². The molecule has 0 N–H and O–H groups in total. The van der Waals surface area contributed by atoms with Crippen molar-refractivity contribution in [3.8, 4) is 0 Å². The van der Waals surface area contributed by atoms with Gasteiger partial charge in [-0.05, 0) is 48.4 Å². The van der Waals surface area contributed by atoms with E-state index in [1.807, 2.05) is 13.0 Å². The molecule has 2 fully saturated rings. The minimum absolute atomic E-state index is 0.0767. The second kappa shape index (κ2) is 9.74. The average Bonchev–Trinajstić information content (AvgIpc) is 2.97. The molecule has 5 atom stereocenters. The van der Waals surface area contributed by atoms with Crippen molar-refractivity contribution < 1.29 is 27.5 Å². The second-order valence-corrected chi connectivity index (χ2v) is 9.29. The van der Waals surface area contributed by atoms with Gasteiger partial charge < -0.3 is 14.0 Å². The highest BCUT2D eigenvalue weighted by Crippen LogP contribution is 2.47. The first-order valence-corrected chi connectivity index (χ1v) is 11.7. The third-order valence-electron chi connectivity index (χ3n) is 7.44. The Hall–Kier alpha value is -2.57. The summed E-state index contributed by atoms with van der Waals surface area (Å²) < 4.78 is 40.2. The van der Waals surface area contributed by atoms with E-state index in [4.69, 9.17) is 9.47 Å². The van der Waals surface area contributed by atoms with Gasteiger partial charge in [-0.15, -0.1) is 0 Å². The summed E-state index contributed by atoms with van der Waals surface area (Å²) >= 11 is 0. The van der Waals surface area contributed by atoms with E-state index >= 15 is 0 Å². The molecule has 2 heterocycles. The molecule has 2 aromatic carbocycles. The van der Waals surface area contributed by atoms with Crippen LogP contribution >= 0.6 is 0 Å². The molecule has 176 valence electrons. The quantitative estimate of drug-likeness (QED) is 0.312. The summed E-state index contributed by atoms with van der Waals surface area (Å²) in [5.74, 6) is -1.33. The van der Waals surface area contributed by atoms with Gasteiger partial charge in [0.05, 0.1) is 32.3 Å². The molecule has 0 amide bonds. The number of quaternary nitrogens is 1. The molecular formula is C27H32F2NO3+. The van der Waals surface area contributed by atoms with E-state index in [2.05, 4.69) is 13.6 Å². The number of esters is 1. The fraction of sp³-hybridized carbons (Fsp3) is 0.444. The highest BCUT2D eigenvalue weighted by atomic mass is 19.1. The zero-order valence-electron chi connectivity index (χ0n) is 19.3. The van der Waals surface area contributed by atoms with Crippen molar-refractivity contribution in [1.29, 1.82) is 0 Å². The maximum Gasteiger partial charge on any atom is 0.317 e. The van der Waals surface area contributed by atoms with Crippen molar-refractivity contribution in [2.75, 3.05) is 20.2 Å². The second-order valence-electron chi connectivity index (χ2n) is 9.29. The summed E-state index contributed by atoms with van der Waals surface area (Å²) in [6.45, 7) is 6.85. The Labute approximate surface area is 194 Å². The first kappa shape index (κ1) is 23.6. The zero-order chi connectivity index (χ0) is 23.6. The number of carbonyl (C=O) groups is 1. The van der Waals surface area contributed by atoms with Crippen molar-refractivity contribution in [2.45, 2.75) is 50.5 Å². The third-order valence-corrected chi connectivity index (χ3v) is 7.44. The molecule has 0 aromatic heterocycles. The molecule has 0 aliphatic carbocycles. The van der Waals surface area contributed by atoms with E-state index in [-0.39, 0.29) is 29.7 Å². The summed E-state index contributed by atoms with van der Waals surface area (Å²) in [5.41, 5.74) is 1.51. The lowest BCUT2D eigenvalue weighted by Gasteiger charge is -2.50. The smallest absolute Gasteiger partial charge is 0.317 e. The molecule has 4 nitrogen and oxygen atoms in total. The van der Waals surface area contributed by atoms with Crippen molar-refractivity contribution >= 4 is 5.97 Å². The fourth-order valence-corrected chi connectivity index (χ4v) is 5.84. The van der Waals surface area contributed by atoms with Crippen LogP contribution in [0.15, 0.2) is 61.2 Å². The van der Waals surface area contributed by atoms with Gasteiger partial charge in [0, 0.05) is 19.3 Å². The number of piperidine rings is 1. The summed E-state index contributed by atoms with van der Waals surface area (Å²) in [7, 11) is 2.20. The minimum Gasteiger partial charge on any atom is -0.466 e.